The number of benzene rings is 4. The van der Waals surface area contributed by atoms with Gasteiger partial charge in [-0.2, -0.15) is 15.2 Å². The minimum Gasteiger partial charge on any atom is -0.485 e. The first-order chi connectivity index (χ1) is 21.9. The second kappa shape index (κ2) is 13.0. The van der Waals surface area contributed by atoms with Crippen molar-refractivity contribution in [2.75, 3.05) is 20.1 Å². The van der Waals surface area contributed by atoms with Crippen molar-refractivity contribution in [3.05, 3.63) is 125 Å². The fourth-order valence-electron chi connectivity index (χ4n) is 4.73. The molecular weight excluding hydrogens is 568 g/mol. The highest BCUT2D eigenvalue weighted by Gasteiger charge is 2.17. The molecule has 10 heteroatoms. The van der Waals surface area contributed by atoms with E-state index in [-0.39, 0.29) is 11.9 Å². The summed E-state index contributed by atoms with van der Waals surface area (Å²) in [5.74, 6) is 1.75. The van der Waals surface area contributed by atoms with Crippen LogP contribution < -0.4 is 19.9 Å². The summed E-state index contributed by atoms with van der Waals surface area (Å²) in [5, 5.41) is 9.57. The number of nitrogens with zero attached hydrogens (tertiary/aromatic N) is 5. The van der Waals surface area contributed by atoms with Gasteiger partial charge in [0.05, 0.1) is 23.9 Å². The van der Waals surface area contributed by atoms with Crippen LogP contribution in [0.15, 0.2) is 108 Å². The smallest absolute Gasteiger partial charge is 0.325 e. The highest BCUT2D eigenvalue weighted by molar-refractivity contribution is 5.99. The van der Waals surface area contributed by atoms with Crippen LogP contribution in [-0.2, 0) is 6.61 Å². The molecule has 1 amide bonds. The minimum absolute atomic E-state index is 0.0311. The molecule has 0 bridgehead atoms. The average molecular weight is 597 g/mol. The Kier molecular flexibility index (Phi) is 8.33. The Morgan fingerprint density at radius 3 is 2.44 bits per heavy atom. The topological polar surface area (TPSA) is 136 Å². The zero-order valence-corrected chi connectivity index (χ0v) is 24.4. The number of aliphatic imine (C=N–C) groups is 1. The van der Waals surface area contributed by atoms with Crippen molar-refractivity contribution in [2.45, 2.75) is 6.61 Å². The summed E-state index contributed by atoms with van der Waals surface area (Å²) in [5.41, 5.74) is 9.24. The third-order valence-corrected chi connectivity index (χ3v) is 7.03. The molecule has 4 aromatic carbocycles. The fraction of sp³-hybridized carbons (Fsp3) is 0.114. The number of carbonyl (C=O) groups is 1. The van der Waals surface area contributed by atoms with E-state index in [1.54, 1.807) is 48.5 Å². The highest BCUT2D eigenvalue weighted by Crippen LogP contribution is 2.35. The van der Waals surface area contributed by atoms with Crippen LogP contribution in [0.5, 0.6) is 29.1 Å². The van der Waals surface area contributed by atoms with E-state index >= 15 is 0 Å². The number of hydrogen-bond acceptors (Lipinski definition) is 9. The van der Waals surface area contributed by atoms with Gasteiger partial charge in [-0.3, -0.25) is 9.79 Å². The molecule has 222 valence electrons. The van der Waals surface area contributed by atoms with Gasteiger partial charge < -0.3 is 24.8 Å². The third kappa shape index (κ3) is 6.89. The first-order valence-electron chi connectivity index (χ1n) is 14.2. The zero-order chi connectivity index (χ0) is 31.2. The largest absolute Gasteiger partial charge is 0.485 e. The monoisotopic (exact) mass is 596 g/mol. The summed E-state index contributed by atoms with van der Waals surface area (Å²) in [7, 11) is 2.00. The van der Waals surface area contributed by atoms with Gasteiger partial charge in [-0.25, -0.2) is 0 Å². The lowest BCUT2D eigenvalue weighted by Crippen LogP contribution is -2.23. The molecule has 1 aliphatic heterocycles. The number of hydrogen-bond donors (Lipinski definition) is 1. The normalized spacial score (nSPS) is 12.3. The van der Waals surface area contributed by atoms with Gasteiger partial charge in [0.15, 0.2) is 11.5 Å². The minimum atomic E-state index is -0.532. The van der Waals surface area contributed by atoms with Crippen molar-refractivity contribution in [1.82, 2.24) is 14.9 Å². The van der Waals surface area contributed by atoms with E-state index in [0.29, 0.717) is 46.2 Å². The lowest BCUT2D eigenvalue weighted by Gasteiger charge is -2.15. The molecule has 0 fully saturated rings. The summed E-state index contributed by atoms with van der Waals surface area (Å²) >= 11 is 0. The van der Waals surface area contributed by atoms with Crippen LogP contribution in [0.3, 0.4) is 0 Å². The molecule has 1 aliphatic rings. The molecule has 0 spiro atoms. The molecular formula is C35H28N6O4. The Labute approximate surface area is 260 Å². The Morgan fingerprint density at radius 2 is 1.71 bits per heavy atom. The van der Waals surface area contributed by atoms with Crippen molar-refractivity contribution in [3.8, 4) is 46.5 Å². The first kappa shape index (κ1) is 28.9. The number of amidine groups is 1. The molecule has 5 aromatic rings. The highest BCUT2D eigenvalue weighted by atomic mass is 16.5. The quantitative estimate of drug-likeness (QED) is 0.208. The maximum atomic E-state index is 11.6. The Balaban J connectivity index is 1.35. The molecule has 0 saturated carbocycles. The van der Waals surface area contributed by atoms with Gasteiger partial charge in [0.1, 0.15) is 18.2 Å². The summed E-state index contributed by atoms with van der Waals surface area (Å²) in [6.45, 7) is 1.89. The maximum absolute atomic E-state index is 11.6. The molecule has 1 aromatic heterocycles. The molecule has 2 N–H and O–H groups in total. The van der Waals surface area contributed by atoms with Crippen LogP contribution in [0.4, 0.5) is 0 Å². The van der Waals surface area contributed by atoms with Gasteiger partial charge in [-0.1, -0.05) is 54.6 Å². The maximum Gasteiger partial charge on any atom is 0.325 e. The van der Waals surface area contributed by atoms with E-state index in [1.807, 2.05) is 61.6 Å². The van der Waals surface area contributed by atoms with Gasteiger partial charge in [0.25, 0.3) is 0 Å². The van der Waals surface area contributed by atoms with Crippen molar-refractivity contribution >= 4 is 11.7 Å². The average Bonchev–Trinajstić information content (AvgIpc) is 3.50. The summed E-state index contributed by atoms with van der Waals surface area (Å²) in [4.78, 5) is 27.5. The lowest BCUT2D eigenvalue weighted by molar-refractivity contribution is 0.100. The van der Waals surface area contributed by atoms with Crippen LogP contribution >= 0.6 is 0 Å². The van der Waals surface area contributed by atoms with Gasteiger partial charge in [-0.15, -0.1) is 0 Å². The Bertz CT molecular complexity index is 1920. The molecule has 0 atom stereocenters. The number of amides is 1. The number of likely N-dealkylation sites (N-methyl/N-ethyl adjacent to an activating group) is 1. The number of nitriles is 1. The molecule has 10 nitrogen and oxygen atoms in total. The standard InChI is InChI=1S/C35H28N6O4/c1-41-17-16-38-34(41)27-8-5-9-28(19-27)44-35-39-29(25-11-13-26(14-12-25)33(37)42)20-32(40-35)45-31-18-24(21-36)10-15-30(31)43-22-23-6-3-2-4-7-23/h2-15,18-20H,16-17,22H2,1H3,(H2,37,42). The fourth-order valence-corrected chi connectivity index (χ4v) is 4.73. The number of carbonyl (C=O) groups excluding carboxylic acids is 1. The van der Waals surface area contributed by atoms with E-state index in [4.69, 9.17) is 19.9 Å². The van der Waals surface area contributed by atoms with E-state index in [2.05, 4.69) is 25.9 Å². The van der Waals surface area contributed by atoms with Gasteiger partial charge in [-0.05, 0) is 42.0 Å². The van der Waals surface area contributed by atoms with E-state index in [1.165, 1.54) is 0 Å². The SMILES string of the molecule is CN1CCN=C1c1cccc(Oc2nc(Oc3cc(C#N)ccc3OCc3ccccc3)cc(-c3ccc(C(N)=O)cc3)n2)c1. The summed E-state index contributed by atoms with van der Waals surface area (Å²) in [6.07, 6.45) is 0. The van der Waals surface area contributed by atoms with Crippen molar-refractivity contribution in [3.63, 3.8) is 0 Å². The Morgan fingerprint density at radius 1 is 0.889 bits per heavy atom. The third-order valence-electron chi connectivity index (χ3n) is 7.03. The van der Waals surface area contributed by atoms with Crippen LogP contribution in [0.2, 0.25) is 0 Å². The van der Waals surface area contributed by atoms with Crippen molar-refractivity contribution in [1.29, 1.82) is 5.26 Å². The second-order valence-corrected chi connectivity index (χ2v) is 10.2. The summed E-state index contributed by atoms with van der Waals surface area (Å²) < 4.78 is 18.5. The molecule has 2 heterocycles. The lowest BCUT2D eigenvalue weighted by atomic mass is 10.1. The number of ether oxygens (including phenoxy) is 3. The zero-order valence-electron chi connectivity index (χ0n) is 24.4. The van der Waals surface area contributed by atoms with Gasteiger partial charge in [0, 0.05) is 42.4 Å². The van der Waals surface area contributed by atoms with Crippen LogP contribution in [0.25, 0.3) is 11.3 Å². The van der Waals surface area contributed by atoms with E-state index in [0.717, 1.165) is 30.1 Å². The van der Waals surface area contributed by atoms with Crippen LogP contribution in [-0.4, -0.2) is 46.7 Å². The van der Waals surface area contributed by atoms with Crippen molar-refractivity contribution < 1.29 is 19.0 Å². The number of rotatable bonds is 10. The molecule has 0 radical (unpaired) electrons. The number of primary amides is 1. The molecule has 6 rings (SSSR count). The van der Waals surface area contributed by atoms with Crippen LogP contribution in [0, 0.1) is 11.3 Å². The first-order valence-corrected chi connectivity index (χ1v) is 14.2. The van der Waals surface area contributed by atoms with Gasteiger partial charge in [0.2, 0.25) is 11.8 Å². The van der Waals surface area contributed by atoms with E-state index < -0.39 is 5.91 Å². The predicted molar refractivity (Wildman–Crippen MR) is 169 cm³/mol. The molecule has 0 unspecified atom stereocenters. The van der Waals surface area contributed by atoms with E-state index in [9.17, 15) is 10.1 Å². The van der Waals surface area contributed by atoms with Crippen molar-refractivity contribution in [2.24, 2.45) is 10.7 Å². The number of nitrogens with two attached hydrogens (primary N) is 1. The predicted octanol–water partition coefficient (Wildman–Crippen LogP) is 5.97. The molecule has 0 aliphatic carbocycles. The summed E-state index contributed by atoms with van der Waals surface area (Å²) in [6, 6.07) is 32.7. The molecule has 45 heavy (non-hydrogen) atoms. The van der Waals surface area contributed by atoms with Gasteiger partial charge >= 0.3 is 6.01 Å². The number of aromatic nitrogens is 2. The second-order valence-electron chi connectivity index (χ2n) is 10.2. The van der Waals surface area contributed by atoms with Crippen LogP contribution in [0.1, 0.15) is 27.0 Å². The molecule has 0 saturated heterocycles. The Hall–Kier alpha value is -6.21.